The lowest BCUT2D eigenvalue weighted by Crippen LogP contribution is -2.10. The van der Waals surface area contributed by atoms with Crippen molar-refractivity contribution in [2.45, 2.75) is 134 Å². The summed E-state index contributed by atoms with van der Waals surface area (Å²) in [5, 5.41) is 0. The second-order valence-corrected chi connectivity index (χ2v) is 10.8. The van der Waals surface area contributed by atoms with Crippen LogP contribution in [0.3, 0.4) is 0 Å². The molecule has 0 aromatic rings. The Balaban J connectivity index is 0. The monoisotopic (exact) mass is 382 g/mol. The first kappa shape index (κ1) is 29.2. The number of rotatable bonds is 14. The summed E-state index contributed by atoms with van der Waals surface area (Å²) in [5.41, 5.74) is 0. The molecule has 0 bridgehead atoms. The molecule has 0 saturated heterocycles. The van der Waals surface area contributed by atoms with E-state index in [2.05, 4.69) is 76.2 Å². The van der Waals surface area contributed by atoms with E-state index >= 15 is 0 Å². The van der Waals surface area contributed by atoms with Crippen LogP contribution in [0.15, 0.2) is 0 Å². The summed E-state index contributed by atoms with van der Waals surface area (Å²) in [7, 11) is 0. The van der Waals surface area contributed by atoms with Gasteiger partial charge in [-0.2, -0.15) is 0 Å². The lowest BCUT2D eigenvalue weighted by atomic mass is 9.83. The van der Waals surface area contributed by atoms with Crippen molar-refractivity contribution >= 4 is 0 Å². The minimum absolute atomic E-state index is 0.833. The third-order valence-corrected chi connectivity index (χ3v) is 6.55. The maximum atomic E-state index is 2.49. The van der Waals surface area contributed by atoms with Gasteiger partial charge in [0.05, 0.1) is 0 Å². The highest BCUT2D eigenvalue weighted by molar-refractivity contribution is 4.67. The van der Waals surface area contributed by atoms with E-state index in [4.69, 9.17) is 0 Å². The average molecular weight is 383 g/mol. The molecule has 0 fully saturated rings. The van der Waals surface area contributed by atoms with Crippen molar-refractivity contribution in [3.8, 4) is 0 Å². The molecule has 0 aliphatic heterocycles. The molecule has 4 atom stereocenters. The summed E-state index contributed by atoms with van der Waals surface area (Å²) in [4.78, 5) is 0. The van der Waals surface area contributed by atoms with Crippen LogP contribution in [0, 0.1) is 41.4 Å². The standard InChI is InChI=1S/C23H48.C4H10/c1-9-22(13-11-12-21(8)18(3)4)16-14-20(7)15-17-23(10-2)19(5)6;1-4(2)3/h18-23H,9-17H2,1-8H3;4H,1-3H3. The first-order valence-electron chi connectivity index (χ1n) is 12.5. The zero-order valence-corrected chi connectivity index (χ0v) is 21.4. The molecular formula is C27H58. The number of hydrogen-bond acceptors (Lipinski definition) is 0. The van der Waals surface area contributed by atoms with Crippen molar-refractivity contribution in [2.24, 2.45) is 41.4 Å². The zero-order chi connectivity index (χ0) is 21.4. The SMILES string of the molecule is CC(C)C.CCC(CCCC(C)C(C)C)CCC(C)CCC(CC)C(C)C. The van der Waals surface area contributed by atoms with Gasteiger partial charge in [-0.25, -0.2) is 0 Å². The van der Waals surface area contributed by atoms with Gasteiger partial charge in [-0.15, -0.1) is 0 Å². The van der Waals surface area contributed by atoms with Gasteiger partial charge in [-0.1, -0.05) is 128 Å². The van der Waals surface area contributed by atoms with Crippen LogP contribution < -0.4 is 0 Å². The minimum atomic E-state index is 0.833. The fourth-order valence-electron chi connectivity index (χ4n) is 3.79. The van der Waals surface area contributed by atoms with E-state index in [0.29, 0.717) is 0 Å². The van der Waals surface area contributed by atoms with Crippen molar-refractivity contribution in [1.29, 1.82) is 0 Å². The van der Waals surface area contributed by atoms with Crippen LogP contribution in [-0.2, 0) is 0 Å². The molecule has 0 heteroatoms. The quantitative estimate of drug-likeness (QED) is 0.280. The van der Waals surface area contributed by atoms with Crippen molar-refractivity contribution in [1.82, 2.24) is 0 Å². The maximum Gasteiger partial charge on any atom is -0.0394 e. The van der Waals surface area contributed by atoms with Gasteiger partial charge in [0.25, 0.3) is 0 Å². The van der Waals surface area contributed by atoms with Gasteiger partial charge in [0, 0.05) is 0 Å². The van der Waals surface area contributed by atoms with E-state index in [0.717, 1.165) is 41.4 Å². The molecule has 0 nitrogen and oxygen atoms in total. The van der Waals surface area contributed by atoms with Crippen LogP contribution >= 0.6 is 0 Å². The lowest BCUT2D eigenvalue weighted by Gasteiger charge is -2.23. The van der Waals surface area contributed by atoms with E-state index in [1.165, 1.54) is 57.8 Å². The first-order chi connectivity index (χ1) is 12.5. The Hall–Kier alpha value is 0. The van der Waals surface area contributed by atoms with Crippen molar-refractivity contribution in [2.75, 3.05) is 0 Å². The molecule has 0 rings (SSSR count). The Morgan fingerprint density at radius 3 is 1.44 bits per heavy atom. The molecule has 0 aromatic carbocycles. The predicted molar refractivity (Wildman–Crippen MR) is 128 cm³/mol. The second-order valence-electron chi connectivity index (χ2n) is 10.8. The summed E-state index contributed by atoms with van der Waals surface area (Å²) in [6.45, 7) is 25.7. The van der Waals surface area contributed by atoms with Crippen molar-refractivity contribution < 1.29 is 0 Å². The summed E-state index contributed by atoms with van der Waals surface area (Å²) < 4.78 is 0. The van der Waals surface area contributed by atoms with Crippen LogP contribution in [-0.4, -0.2) is 0 Å². The topological polar surface area (TPSA) is 0 Å². The summed E-state index contributed by atoms with van der Waals surface area (Å²) >= 11 is 0. The van der Waals surface area contributed by atoms with Gasteiger partial charge in [0.15, 0.2) is 0 Å². The van der Waals surface area contributed by atoms with Gasteiger partial charge < -0.3 is 0 Å². The molecule has 0 N–H and O–H groups in total. The first-order valence-corrected chi connectivity index (χ1v) is 12.5. The Morgan fingerprint density at radius 2 is 1.04 bits per heavy atom. The zero-order valence-electron chi connectivity index (χ0n) is 21.4. The van der Waals surface area contributed by atoms with E-state index < -0.39 is 0 Å². The highest BCUT2D eigenvalue weighted by atomic mass is 14.2. The van der Waals surface area contributed by atoms with Crippen LogP contribution in [0.4, 0.5) is 0 Å². The van der Waals surface area contributed by atoms with E-state index in [1.54, 1.807) is 0 Å². The summed E-state index contributed by atoms with van der Waals surface area (Å²) in [6.07, 6.45) is 12.9. The smallest absolute Gasteiger partial charge is 0.0394 e. The molecule has 0 aromatic heterocycles. The molecule has 0 spiro atoms. The Kier molecular flexibility index (Phi) is 19.5. The van der Waals surface area contributed by atoms with E-state index in [1.807, 2.05) is 0 Å². The van der Waals surface area contributed by atoms with Gasteiger partial charge >= 0.3 is 0 Å². The van der Waals surface area contributed by atoms with Crippen molar-refractivity contribution in [3.63, 3.8) is 0 Å². The molecule has 0 aliphatic rings. The Morgan fingerprint density at radius 1 is 0.519 bits per heavy atom. The van der Waals surface area contributed by atoms with Crippen molar-refractivity contribution in [3.05, 3.63) is 0 Å². The lowest BCUT2D eigenvalue weighted by molar-refractivity contribution is 0.293. The largest absolute Gasteiger partial charge is 0.0651 e. The van der Waals surface area contributed by atoms with Gasteiger partial charge in [0.1, 0.15) is 0 Å². The highest BCUT2D eigenvalue weighted by Gasteiger charge is 2.15. The van der Waals surface area contributed by atoms with Crippen LogP contribution in [0.1, 0.15) is 134 Å². The fourth-order valence-corrected chi connectivity index (χ4v) is 3.79. The molecule has 0 heterocycles. The Bertz CT molecular complexity index is 286. The summed E-state index contributed by atoms with van der Waals surface area (Å²) in [6, 6.07) is 0. The molecule has 27 heavy (non-hydrogen) atoms. The second kappa shape index (κ2) is 18.1. The summed E-state index contributed by atoms with van der Waals surface area (Å²) in [5.74, 6) is 6.28. The average Bonchev–Trinajstić information content (AvgIpc) is 2.57. The minimum Gasteiger partial charge on any atom is -0.0651 e. The third kappa shape index (κ3) is 19.1. The molecule has 0 amide bonds. The molecule has 4 unspecified atom stereocenters. The van der Waals surface area contributed by atoms with Crippen LogP contribution in [0.5, 0.6) is 0 Å². The molecule has 0 aliphatic carbocycles. The number of hydrogen-bond donors (Lipinski definition) is 0. The van der Waals surface area contributed by atoms with E-state index in [-0.39, 0.29) is 0 Å². The third-order valence-electron chi connectivity index (χ3n) is 6.55. The van der Waals surface area contributed by atoms with Gasteiger partial charge in [-0.3, -0.25) is 0 Å². The molecule has 0 saturated carbocycles. The van der Waals surface area contributed by atoms with Crippen LogP contribution in [0.2, 0.25) is 0 Å². The molecule has 166 valence electrons. The normalized spacial score (nSPS) is 16.2. The molecular weight excluding hydrogens is 324 g/mol. The molecule has 0 radical (unpaired) electrons. The van der Waals surface area contributed by atoms with E-state index in [9.17, 15) is 0 Å². The van der Waals surface area contributed by atoms with Gasteiger partial charge in [-0.05, 0) is 47.8 Å². The van der Waals surface area contributed by atoms with Gasteiger partial charge in [0.2, 0.25) is 0 Å². The predicted octanol–water partition coefficient (Wildman–Crippen LogP) is 10.0. The van der Waals surface area contributed by atoms with Crippen LogP contribution in [0.25, 0.3) is 0 Å². The highest BCUT2D eigenvalue weighted by Crippen LogP contribution is 2.28. The maximum absolute atomic E-state index is 2.49. The Labute approximate surface area is 175 Å². The fraction of sp³-hybridized carbons (Fsp3) is 1.00.